The first kappa shape index (κ1) is 18.2. The SMILES string of the molecule is CC1c2ccsc2CCN1CC(O)COc1ccc(-c2ccccc2)cc1. The highest BCUT2D eigenvalue weighted by atomic mass is 32.1. The molecule has 2 heterocycles. The highest BCUT2D eigenvalue weighted by molar-refractivity contribution is 7.10. The summed E-state index contributed by atoms with van der Waals surface area (Å²) >= 11 is 1.84. The molecular weight excluding hydrogens is 354 g/mol. The Morgan fingerprint density at radius 3 is 2.59 bits per heavy atom. The lowest BCUT2D eigenvalue weighted by atomic mass is 10.0. The number of nitrogens with zero attached hydrogens (tertiary/aromatic N) is 1. The Balaban J connectivity index is 1.30. The number of fused-ring (bicyclic) bond motifs is 1. The van der Waals surface area contributed by atoms with Crippen LogP contribution >= 0.6 is 11.3 Å². The Kier molecular flexibility index (Phi) is 5.58. The van der Waals surface area contributed by atoms with Gasteiger partial charge in [-0.05, 0) is 53.6 Å². The number of hydrogen-bond acceptors (Lipinski definition) is 4. The molecule has 3 aromatic rings. The van der Waals surface area contributed by atoms with Gasteiger partial charge in [-0.1, -0.05) is 42.5 Å². The molecule has 0 amide bonds. The van der Waals surface area contributed by atoms with Gasteiger partial charge in [-0.15, -0.1) is 11.3 Å². The summed E-state index contributed by atoms with van der Waals surface area (Å²) in [6, 6.07) is 20.9. The van der Waals surface area contributed by atoms with Crippen molar-refractivity contribution in [1.29, 1.82) is 0 Å². The summed E-state index contributed by atoms with van der Waals surface area (Å²) in [6.07, 6.45) is 0.577. The standard InChI is InChI=1S/C23H25NO2S/c1-17-22-12-14-27-23(22)11-13-24(17)15-20(25)16-26-21-9-7-19(8-10-21)18-5-3-2-4-6-18/h2-10,12,14,17,20,25H,11,13,15-16H2,1H3. The second-order valence-corrected chi connectivity index (χ2v) is 8.08. The Bertz CT molecular complexity index is 860. The molecule has 140 valence electrons. The lowest BCUT2D eigenvalue weighted by Crippen LogP contribution is -2.40. The Labute approximate surface area is 164 Å². The van der Waals surface area contributed by atoms with Gasteiger partial charge in [0.2, 0.25) is 0 Å². The molecule has 1 N–H and O–H groups in total. The lowest BCUT2D eigenvalue weighted by Gasteiger charge is -2.34. The Hall–Kier alpha value is -2.14. The minimum absolute atomic E-state index is 0.310. The average Bonchev–Trinajstić information content (AvgIpc) is 3.19. The molecule has 2 atom stereocenters. The van der Waals surface area contributed by atoms with Gasteiger partial charge in [0.1, 0.15) is 18.5 Å². The van der Waals surface area contributed by atoms with E-state index in [4.69, 9.17) is 4.74 Å². The molecule has 1 aliphatic heterocycles. The average molecular weight is 380 g/mol. The third-order valence-electron chi connectivity index (χ3n) is 5.25. The maximum Gasteiger partial charge on any atom is 0.119 e. The van der Waals surface area contributed by atoms with Gasteiger partial charge in [-0.2, -0.15) is 0 Å². The van der Waals surface area contributed by atoms with Gasteiger partial charge in [0.05, 0.1) is 0 Å². The first-order valence-electron chi connectivity index (χ1n) is 9.47. The number of rotatable bonds is 6. The van der Waals surface area contributed by atoms with Crippen LogP contribution in [0.5, 0.6) is 5.75 Å². The van der Waals surface area contributed by atoms with Gasteiger partial charge >= 0.3 is 0 Å². The molecule has 4 rings (SSSR count). The summed E-state index contributed by atoms with van der Waals surface area (Å²) in [4.78, 5) is 3.84. The van der Waals surface area contributed by atoms with Crippen molar-refractivity contribution in [2.45, 2.75) is 25.5 Å². The summed E-state index contributed by atoms with van der Waals surface area (Å²) in [5, 5.41) is 12.6. The van der Waals surface area contributed by atoms with Gasteiger partial charge in [-0.3, -0.25) is 4.90 Å². The highest BCUT2D eigenvalue weighted by Gasteiger charge is 2.26. The summed E-state index contributed by atoms with van der Waals surface area (Å²) < 4.78 is 5.82. The van der Waals surface area contributed by atoms with E-state index in [0.29, 0.717) is 19.2 Å². The number of ether oxygens (including phenoxy) is 1. The molecule has 2 unspecified atom stereocenters. The molecule has 0 radical (unpaired) electrons. The first-order valence-corrected chi connectivity index (χ1v) is 10.4. The van der Waals surface area contributed by atoms with E-state index in [9.17, 15) is 5.11 Å². The first-order chi connectivity index (χ1) is 13.2. The minimum Gasteiger partial charge on any atom is -0.491 e. The van der Waals surface area contributed by atoms with E-state index < -0.39 is 6.10 Å². The summed E-state index contributed by atoms with van der Waals surface area (Å²) in [5.74, 6) is 0.792. The zero-order chi connectivity index (χ0) is 18.6. The van der Waals surface area contributed by atoms with Crippen molar-refractivity contribution in [1.82, 2.24) is 4.90 Å². The van der Waals surface area contributed by atoms with E-state index >= 15 is 0 Å². The number of thiophene rings is 1. The van der Waals surface area contributed by atoms with Crippen LogP contribution in [0.3, 0.4) is 0 Å². The van der Waals surface area contributed by atoms with E-state index in [1.54, 1.807) is 0 Å². The maximum absolute atomic E-state index is 10.4. The Morgan fingerprint density at radius 2 is 1.81 bits per heavy atom. The van der Waals surface area contributed by atoms with E-state index in [2.05, 4.69) is 47.5 Å². The summed E-state index contributed by atoms with van der Waals surface area (Å²) in [5.41, 5.74) is 3.77. The molecule has 0 spiro atoms. The molecule has 2 aromatic carbocycles. The summed E-state index contributed by atoms with van der Waals surface area (Å²) in [7, 11) is 0. The van der Waals surface area contributed by atoms with Gasteiger partial charge in [0, 0.05) is 24.0 Å². The van der Waals surface area contributed by atoms with Crippen LogP contribution in [0.15, 0.2) is 66.0 Å². The fourth-order valence-corrected chi connectivity index (χ4v) is 4.66. The predicted molar refractivity (Wildman–Crippen MR) is 111 cm³/mol. The lowest BCUT2D eigenvalue weighted by molar-refractivity contribution is 0.0522. The van der Waals surface area contributed by atoms with Crippen molar-refractivity contribution in [2.75, 3.05) is 19.7 Å². The molecular formula is C23H25NO2S. The molecule has 0 saturated carbocycles. The van der Waals surface area contributed by atoms with Crippen molar-refractivity contribution in [3.05, 3.63) is 76.5 Å². The molecule has 3 nitrogen and oxygen atoms in total. The van der Waals surface area contributed by atoms with E-state index in [-0.39, 0.29) is 0 Å². The normalized spacial score (nSPS) is 18.1. The second-order valence-electron chi connectivity index (χ2n) is 7.08. The van der Waals surface area contributed by atoms with Crippen LogP contribution in [0.1, 0.15) is 23.4 Å². The van der Waals surface area contributed by atoms with Crippen LogP contribution in [0.25, 0.3) is 11.1 Å². The number of aliphatic hydroxyl groups excluding tert-OH is 1. The van der Waals surface area contributed by atoms with Gasteiger partial charge in [0.15, 0.2) is 0 Å². The fourth-order valence-electron chi connectivity index (χ4n) is 3.70. The van der Waals surface area contributed by atoms with Crippen molar-refractivity contribution >= 4 is 11.3 Å². The molecule has 0 fully saturated rings. The van der Waals surface area contributed by atoms with E-state index in [1.165, 1.54) is 16.0 Å². The second kappa shape index (κ2) is 8.26. The molecule has 0 aliphatic carbocycles. The number of aliphatic hydroxyl groups is 1. The molecule has 1 aliphatic rings. The minimum atomic E-state index is -0.499. The molecule has 27 heavy (non-hydrogen) atoms. The third kappa shape index (κ3) is 4.24. The van der Waals surface area contributed by atoms with Gasteiger partial charge in [0.25, 0.3) is 0 Å². The predicted octanol–water partition coefficient (Wildman–Crippen LogP) is 4.77. The molecule has 0 bridgehead atoms. The van der Waals surface area contributed by atoms with Crippen molar-refractivity contribution < 1.29 is 9.84 Å². The zero-order valence-corrected chi connectivity index (χ0v) is 16.4. The van der Waals surface area contributed by atoms with Crippen LogP contribution in [-0.2, 0) is 6.42 Å². The van der Waals surface area contributed by atoms with Crippen molar-refractivity contribution in [2.24, 2.45) is 0 Å². The molecule has 1 aromatic heterocycles. The topological polar surface area (TPSA) is 32.7 Å². The smallest absolute Gasteiger partial charge is 0.119 e. The quantitative estimate of drug-likeness (QED) is 0.669. The molecule has 4 heteroatoms. The number of benzene rings is 2. The molecule has 0 saturated heterocycles. The van der Waals surface area contributed by atoms with Crippen molar-refractivity contribution in [3.63, 3.8) is 0 Å². The van der Waals surface area contributed by atoms with Crippen LogP contribution in [0.4, 0.5) is 0 Å². The third-order valence-corrected chi connectivity index (χ3v) is 6.25. The monoisotopic (exact) mass is 379 g/mol. The Morgan fingerprint density at radius 1 is 1.07 bits per heavy atom. The van der Waals surface area contributed by atoms with E-state index in [0.717, 1.165) is 24.3 Å². The van der Waals surface area contributed by atoms with Crippen LogP contribution in [-0.4, -0.2) is 35.8 Å². The van der Waals surface area contributed by atoms with Gasteiger partial charge < -0.3 is 9.84 Å². The number of β-amino-alcohol motifs (C(OH)–C–C–N with tert-alkyl or cyclic N) is 1. The van der Waals surface area contributed by atoms with E-state index in [1.807, 2.05) is 41.7 Å². The van der Waals surface area contributed by atoms with Crippen LogP contribution in [0, 0.1) is 0 Å². The highest BCUT2D eigenvalue weighted by Crippen LogP contribution is 2.32. The van der Waals surface area contributed by atoms with Crippen LogP contribution < -0.4 is 4.74 Å². The maximum atomic E-state index is 10.4. The zero-order valence-electron chi connectivity index (χ0n) is 15.5. The van der Waals surface area contributed by atoms with Crippen LogP contribution in [0.2, 0.25) is 0 Å². The number of hydrogen-bond donors (Lipinski definition) is 1. The summed E-state index contributed by atoms with van der Waals surface area (Å²) in [6.45, 7) is 4.17. The van der Waals surface area contributed by atoms with Crippen molar-refractivity contribution in [3.8, 4) is 16.9 Å². The fraction of sp³-hybridized carbons (Fsp3) is 0.304. The largest absolute Gasteiger partial charge is 0.491 e. The van der Waals surface area contributed by atoms with Gasteiger partial charge in [-0.25, -0.2) is 0 Å².